The fraction of sp³-hybridized carbons (Fsp3) is 0.784. The molecule has 0 amide bonds. The van der Waals surface area contributed by atoms with Gasteiger partial charge in [0.05, 0.1) is 11.5 Å². The minimum Gasteiger partial charge on any atom is -0.396 e. The van der Waals surface area contributed by atoms with Gasteiger partial charge in [0.25, 0.3) is 10.1 Å². The molecule has 0 aliphatic rings. The van der Waals surface area contributed by atoms with Crippen LogP contribution < -0.4 is 0 Å². The third-order valence-corrected chi connectivity index (χ3v) is 9.23. The first-order chi connectivity index (χ1) is 21.2. The Morgan fingerprint density at radius 3 is 1.20 bits per heavy atom. The topological polar surface area (TPSA) is 97.7 Å². The molecule has 1 rings (SSSR count). The van der Waals surface area contributed by atoms with Crippen LogP contribution in [-0.4, -0.2) is 38.3 Å². The van der Waals surface area contributed by atoms with Gasteiger partial charge in [-0.25, -0.2) is 0 Å². The highest BCUT2D eigenvalue weighted by Crippen LogP contribution is 2.16. The van der Waals surface area contributed by atoms with Crippen molar-refractivity contribution in [1.82, 2.24) is 0 Å². The number of aliphatic hydroxyl groups excluding tert-OH is 1. The van der Waals surface area contributed by atoms with E-state index < -0.39 is 10.1 Å². The van der Waals surface area contributed by atoms with Gasteiger partial charge < -0.3 is 14.7 Å². The number of aryl methyl sites for hydroxylation is 1. The predicted octanol–water partition coefficient (Wildman–Crippen LogP) is 10.2. The number of benzene rings is 1. The van der Waals surface area contributed by atoms with Crippen LogP contribution in [0.3, 0.4) is 0 Å². The molecule has 0 radical (unpaired) electrons. The second-order valence-corrected chi connectivity index (χ2v) is 14.1. The molecule has 0 aliphatic carbocycles. The molecule has 0 fully saturated rings. The maximum atomic E-state index is 12.0. The van der Waals surface area contributed by atoms with Crippen molar-refractivity contribution >= 4 is 21.7 Å². The van der Waals surface area contributed by atoms with Crippen LogP contribution >= 0.6 is 0 Å². The van der Waals surface area contributed by atoms with Gasteiger partial charge >= 0.3 is 0 Å². The van der Waals surface area contributed by atoms with Crippen LogP contribution in [0, 0.1) is 6.92 Å². The van der Waals surface area contributed by atoms with Crippen molar-refractivity contribution in [2.24, 2.45) is 0 Å². The largest absolute Gasteiger partial charge is 0.396 e. The minimum absolute atomic E-state index is 0.231. The second kappa shape index (κ2) is 30.1. The first-order valence-corrected chi connectivity index (χ1v) is 19.2. The van der Waals surface area contributed by atoms with Crippen LogP contribution in [0.2, 0.25) is 0 Å². The highest BCUT2D eigenvalue weighted by Gasteiger charge is 2.14. The van der Waals surface area contributed by atoms with Crippen molar-refractivity contribution in [3.05, 3.63) is 29.8 Å². The number of rotatable bonds is 29. The molecule has 0 heterocycles. The lowest BCUT2D eigenvalue weighted by molar-refractivity contribution is -0.117. The maximum Gasteiger partial charge on any atom is 0.296 e. The molecule has 0 saturated heterocycles. The Morgan fingerprint density at radius 1 is 0.545 bits per heavy atom. The first-order valence-electron chi connectivity index (χ1n) is 17.7. The molecule has 0 aliphatic heterocycles. The number of unbranched alkanes of at least 4 members (excludes halogenated alkanes) is 20. The molecule has 0 spiro atoms. The van der Waals surface area contributed by atoms with Crippen molar-refractivity contribution in [3.63, 3.8) is 0 Å². The molecule has 44 heavy (non-hydrogen) atoms. The molecule has 0 atom stereocenters. The Balaban J connectivity index is 0.000000938. The number of Topliss-reactive ketones (excluding diaryl/α,β-unsaturated/α-hetero) is 2. The molecular weight excluding hydrogens is 572 g/mol. The van der Waals surface area contributed by atoms with Crippen molar-refractivity contribution in [2.45, 2.75) is 180 Å². The van der Waals surface area contributed by atoms with Gasteiger partial charge in [0, 0.05) is 19.4 Å². The van der Waals surface area contributed by atoms with Gasteiger partial charge in [-0.2, -0.15) is 8.42 Å². The van der Waals surface area contributed by atoms with E-state index in [0.717, 1.165) is 56.9 Å². The summed E-state index contributed by atoms with van der Waals surface area (Å²) < 4.78 is 29.2. The minimum atomic E-state index is -3.62. The highest BCUT2D eigenvalue weighted by molar-refractivity contribution is 7.86. The molecule has 7 heteroatoms. The van der Waals surface area contributed by atoms with Crippen LogP contribution in [0.25, 0.3) is 0 Å². The van der Waals surface area contributed by atoms with E-state index in [4.69, 9.17) is 9.29 Å². The van der Waals surface area contributed by atoms with E-state index in [1.165, 1.54) is 103 Å². The lowest BCUT2D eigenvalue weighted by Crippen LogP contribution is -2.07. The summed E-state index contributed by atoms with van der Waals surface area (Å²) >= 11 is 0. The van der Waals surface area contributed by atoms with E-state index in [9.17, 15) is 18.0 Å². The number of ketones is 2. The normalized spacial score (nSPS) is 11.3. The van der Waals surface area contributed by atoms with E-state index >= 15 is 0 Å². The van der Waals surface area contributed by atoms with E-state index in [1.807, 2.05) is 6.92 Å². The standard InChI is InChI=1S/C22H36O4S.C15H30O2/c1-20-15-17-22(18-16-20)27(24,25)26-19-13-11-9-7-5-3-4-6-8-10-12-14-21(2)23;1-15(17)13-11-9-7-5-3-2-4-6-8-10-12-14-16/h15-18H,3-14,19H2,1-2H3;16H,2-14H2,1H3. The lowest BCUT2D eigenvalue weighted by atomic mass is 10.0. The van der Waals surface area contributed by atoms with Gasteiger partial charge in [0.1, 0.15) is 11.6 Å². The van der Waals surface area contributed by atoms with Crippen molar-refractivity contribution in [2.75, 3.05) is 13.2 Å². The molecule has 6 nitrogen and oxygen atoms in total. The molecule has 0 saturated carbocycles. The van der Waals surface area contributed by atoms with Crippen LogP contribution in [0.5, 0.6) is 0 Å². The van der Waals surface area contributed by atoms with Gasteiger partial charge in [-0.15, -0.1) is 0 Å². The van der Waals surface area contributed by atoms with Crippen molar-refractivity contribution < 1.29 is 27.3 Å². The number of carbonyl (C=O) groups excluding carboxylic acids is 2. The average molecular weight is 639 g/mol. The summed E-state index contributed by atoms with van der Waals surface area (Å²) in [4.78, 5) is 21.8. The number of hydrogen-bond acceptors (Lipinski definition) is 6. The van der Waals surface area contributed by atoms with E-state index in [2.05, 4.69) is 0 Å². The summed E-state index contributed by atoms with van der Waals surface area (Å²) in [6.45, 7) is 5.87. The molecule has 1 aromatic rings. The first kappa shape index (κ1) is 42.4. The van der Waals surface area contributed by atoms with Gasteiger partial charge in [-0.3, -0.25) is 4.18 Å². The third kappa shape index (κ3) is 29.2. The van der Waals surface area contributed by atoms with E-state index in [0.29, 0.717) is 18.2 Å². The van der Waals surface area contributed by atoms with Crippen molar-refractivity contribution in [3.8, 4) is 0 Å². The Morgan fingerprint density at radius 2 is 0.864 bits per heavy atom. The smallest absolute Gasteiger partial charge is 0.296 e. The zero-order chi connectivity index (χ0) is 32.7. The Hall–Kier alpha value is -1.57. The zero-order valence-electron chi connectivity index (χ0n) is 28.6. The predicted molar refractivity (Wildman–Crippen MR) is 184 cm³/mol. The quantitative estimate of drug-likeness (QED) is 0.0692. The molecule has 0 aromatic heterocycles. The fourth-order valence-electron chi connectivity index (χ4n) is 5.09. The SMILES string of the molecule is CC(=O)CCCCCCCCCCCCCO.CC(=O)CCCCCCCCCCCCCOS(=O)(=O)c1ccc(C)cc1. The Labute approximate surface area is 271 Å². The van der Waals surface area contributed by atoms with Crippen LogP contribution in [0.15, 0.2) is 29.2 Å². The summed E-state index contributed by atoms with van der Waals surface area (Å²) in [5.41, 5.74) is 1.03. The summed E-state index contributed by atoms with van der Waals surface area (Å²) in [6, 6.07) is 6.74. The summed E-state index contributed by atoms with van der Waals surface area (Å²) in [5, 5.41) is 8.62. The van der Waals surface area contributed by atoms with Gasteiger partial charge in [-0.05, 0) is 58.6 Å². The Bertz CT molecular complexity index is 910. The van der Waals surface area contributed by atoms with Crippen molar-refractivity contribution in [1.29, 1.82) is 0 Å². The molecule has 0 unspecified atom stereocenters. The monoisotopic (exact) mass is 638 g/mol. The van der Waals surface area contributed by atoms with E-state index in [1.54, 1.807) is 38.1 Å². The zero-order valence-corrected chi connectivity index (χ0v) is 29.4. The molecule has 1 aromatic carbocycles. The summed E-state index contributed by atoms with van der Waals surface area (Å²) in [5.74, 6) is 0.626. The molecule has 256 valence electrons. The van der Waals surface area contributed by atoms with Crippen LogP contribution in [0.1, 0.15) is 174 Å². The number of carbonyl (C=O) groups is 2. The third-order valence-electron chi connectivity index (χ3n) is 7.91. The molecule has 0 bridgehead atoms. The average Bonchev–Trinajstić information content (AvgIpc) is 2.98. The lowest BCUT2D eigenvalue weighted by Gasteiger charge is -2.06. The fourth-order valence-corrected chi connectivity index (χ4v) is 6.03. The van der Waals surface area contributed by atoms with Gasteiger partial charge in [0.2, 0.25) is 0 Å². The number of hydrogen-bond donors (Lipinski definition) is 1. The summed E-state index contributed by atoms with van der Waals surface area (Å²) in [6.07, 6.45) is 27.8. The highest BCUT2D eigenvalue weighted by atomic mass is 32.2. The van der Waals surface area contributed by atoms with Gasteiger partial charge in [-0.1, -0.05) is 133 Å². The van der Waals surface area contributed by atoms with Crippen LogP contribution in [-0.2, 0) is 23.9 Å². The maximum absolute atomic E-state index is 12.0. The number of aliphatic hydroxyl groups is 1. The Kier molecular flexibility index (Phi) is 29.0. The van der Waals surface area contributed by atoms with E-state index in [-0.39, 0.29) is 11.5 Å². The van der Waals surface area contributed by atoms with Gasteiger partial charge in [0.15, 0.2) is 0 Å². The van der Waals surface area contributed by atoms with Crippen LogP contribution in [0.4, 0.5) is 0 Å². The molecular formula is C37H66O6S. The second-order valence-electron chi connectivity index (χ2n) is 12.5. The molecule has 1 N–H and O–H groups in total. The summed E-state index contributed by atoms with van der Waals surface area (Å²) in [7, 11) is -3.62.